The van der Waals surface area contributed by atoms with Gasteiger partial charge in [-0.05, 0) is 157 Å². The minimum atomic E-state index is -4.78. The topological polar surface area (TPSA) is 275 Å². The Hall–Kier alpha value is -12.4. The van der Waals surface area contributed by atoms with Crippen molar-refractivity contribution < 1.29 is 107 Å². The number of amides is 4. The summed E-state index contributed by atoms with van der Waals surface area (Å²) in [6.45, 7) is 35.3. The zero-order valence-corrected chi connectivity index (χ0v) is 58.4. The number of nitrogens with one attached hydrogen (secondary N) is 4. The molecule has 0 fully saturated rings. The van der Waals surface area contributed by atoms with Gasteiger partial charge >= 0.3 is 18.5 Å². The van der Waals surface area contributed by atoms with Gasteiger partial charge in [0.05, 0.1) is 54.6 Å². The molecule has 0 spiro atoms. The number of benzene rings is 8. The van der Waals surface area contributed by atoms with Crippen molar-refractivity contribution >= 4 is 80.7 Å². The van der Waals surface area contributed by atoms with Crippen LogP contribution in [0.5, 0.6) is 23.0 Å². The third-order valence-electron chi connectivity index (χ3n) is 14.7. The molecule has 0 saturated heterocycles. The van der Waals surface area contributed by atoms with E-state index in [1.54, 1.807) is 32.0 Å². The number of carbonyl (C=O) groups is 4. The number of carbonyl (C=O) groups excluding carboxylic acids is 4. The Bertz CT molecular complexity index is 4650. The van der Waals surface area contributed by atoms with E-state index in [2.05, 4.69) is 40.6 Å². The predicted molar refractivity (Wildman–Crippen MR) is 374 cm³/mol. The van der Waals surface area contributed by atoms with Crippen molar-refractivity contribution in [3.05, 3.63) is 259 Å². The highest BCUT2D eigenvalue weighted by molar-refractivity contribution is 6.33. The molecule has 0 unspecified atom stereocenters. The number of nitriles is 1. The Labute approximate surface area is 615 Å². The second-order valence-electron chi connectivity index (χ2n) is 24.1. The molecule has 0 aromatic heterocycles. The van der Waals surface area contributed by atoms with Gasteiger partial charge in [0, 0.05) is 39.9 Å². The van der Waals surface area contributed by atoms with Gasteiger partial charge in [-0.25, -0.2) is 28.2 Å². The molecular formula is C75H63ClF11N9O12. The fourth-order valence-corrected chi connectivity index (χ4v) is 8.52. The van der Waals surface area contributed by atoms with Crippen LogP contribution in [0.1, 0.15) is 66.6 Å². The molecule has 33 heteroatoms. The molecule has 8 aromatic carbocycles. The van der Waals surface area contributed by atoms with Crippen molar-refractivity contribution in [1.82, 2.24) is 0 Å². The Balaban J connectivity index is 0.000000259. The lowest BCUT2D eigenvalue weighted by Gasteiger charge is -2.23. The number of hydrogen-bond acceptors (Lipinski definition) is 13. The van der Waals surface area contributed by atoms with Gasteiger partial charge in [-0.2, -0.15) is 44.8 Å². The number of anilines is 4. The van der Waals surface area contributed by atoms with Gasteiger partial charge < -0.3 is 60.6 Å². The molecule has 4 amide bonds. The van der Waals surface area contributed by atoms with Crippen LogP contribution in [0.15, 0.2) is 158 Å². The maximum absolute atomic E-state index is 13.5. The molecule has 0 bridgehead atoms. The molecule has 4 atom stereocenters. The van der Waals surface area contributed by atoms with Gasteiger partial charge in [0.1, 0.15) is 61.1 Å². The fraction of sp³-hybridized carbons (Fsp3) is 0.240. The minimum Gasteiger partial charge on any atom is -0.490 e. The standard InChI is InChI=1S/2C19H16F4N2O3.C19H14F3N3O3.C18H17ClN2O3/c2*1-11-4-6-13(9-15(11)20)28-10-18(2,27)17(26)25-12-5-7-16(24-3)14(8-12)19(21,22)23;1-18(27,11-28-14-6-3-12(10-23)4-7-14)17(26)25-13-5-8-16(24-2)15(9-13)19(20,21)22;1-12-4-7-14(8-5-12)24-11-18(2,23)17(22)21-13-6-9-16(20-3)15(19)10-13/h2*4-9,27H,10H2,1-2H3,(H,25,26);3-9,27H,11H2,1H3,(H,25,26);4-10,23H,11H2,1-2H3,(H,21,22)/t4*18-/m0000/s1. The smallest absolute Gasteiger partial charge is 0.407 e. The summed E-state index contributed by atoms with van der Waals surface area (Å²) in [6.07, 6.45) is -14.3. The summed E-state index contributed by atoms with van der Waals surface area (Å²) < 4.78 is 165. The first-order valence-corrected chi connectivity index (χ1v) is 31.3. The van der Waals surface area contributed by atoms with E-state index in [1.807, 2.05) is 25.1 Å². The Morgan fingerprint density at radius 1 is 0.407 bits per heavy atom. The normalized spacial score (nSPS) is 13.1. The van der Waals surface area contributed by atoms with E-state index in [9.17, 15) is 87.9 Å². The summed E-state index contributed by atoms with van der Waals surface area (Å²) in [5.74, 6) is -3.68. The first-order valence-electron chi connectivity index (χ1n) is 30.9. The second kappa shape index (κ2) is 36.6. The maximum atomic E-state index is 13.5. The quantitative estimate of drug-likeness (QED) is 0.0261. The minimum absolute atomic E-state index is 0.0805. The molecule has 8 aromatic rings. The van der Waals surface area contributed by atoms with E-state index < -0.39 is 130 Å². The van der Waals surface area contributed by atoms with Gasteiger partial charge in [-0.1, -0.05) is 65.7 Å². The van der Waals surface area contributed by atoms with E-state index in [4.69, 9.17) is 62.1 Å². The summed E-state index contributed by atoms with van der Waals surface area (Å²) in [4.78, 5) is 60.6. The Morgan fingerprint density at radius 2 is 0.667 bits per heavy atom. The molecule has 108 heavy (non-hydrogen) atoms. The number of alkyl halides is 9. The van der Waals surface area contributed by atoms with Crippen molar-refractivity contribution in [2.24, 2.45) is 0 Å². The van der Waals surface area contributed by atoms with Crippen LogP contribution in [0.3, 0.4) is 0 Å². The van der Waals surface area contributed by atoms with Crippen LogP contribution in [0, 0.1) is 70.0 Å². The molecule has 0 heterocycles. The largest absolute Gasteiger partial charge is 0.490 e. The third kappa shape index (κ3) is 25.5. The van der Waals surface area contributed by atoms with Gasteiger partial charge in [0.2, 0.25) is 5.69 Å². The number of hydrogen-bond donors (Lipinski definition) is 8. The molecule has 21 nitrogen and oxygen atoms in total. The van der Waals surface area contributed by atoms with E-state index in [0.717, 1.165) is 74.9 Å². The highest BCUT2D eigenvalue weighted by Gasteiger charge is 2.39. The highest BCUT2D eigenvalue weighted by Crippen LogP contribution is 2.41. The number of aryl methyl sites for hydroxylation is 3. The van der Waals surface area contributed by atoms with Crippen molar-refractivity contribution in [1.29, 1.82) is 5.26 Å². The average molecular weight is 1530 g/mol. The Morgan fingerprint density at radius 3 is 0.926 bits per heavy atom. The summed E-state index contributed by atoms with van der Waals surface area (Å²) in [6, 6.07) is 35.7. The molecule has 8 N–H and O–H groups in total. The highest BCUT2D eigenvalue weighted by atomic mass is 35.5. The van der Waals surface area contributed by atoms with Gasteiger partial charge in [-0.3, -0.25) is 19.2 Å². The summed E-state index contributed by atoms with van der Waals surface area (Å²) >= 11 is 5.93. The zero-order valence-electron chi connectivity index (χ0n) is 57.7. The van der Waals surface area contributed by atoms with Gasteiger partial charge in [0.15, 0.2) is 39.5 Å². The monoisotopic (exact) mass is 1530 g/mol. The molecule has 0 saturated carbocycles. The summed E-state index contributed by atoms with van der Waals surface area (Å²) in [5, 5.41) is 59.1. The van der Waals surface area contributed by atoms with E-state index in [1.165, 1.54) is 67.6 Å². The number of halogens is 12. The van der Waals surface area contributed by atoms with Crippen LogP contribution in [-0.4, -0.2) is 92.9 Å². The third-order valence-corrected chi connectivity index (χ3v) is 15.0. The van der Waals surface area contributed by atoms with Crippen molar-refractivity contribution in [2.75, 3.05) is 47.7 Å². The Kier molecular flexibility index (Phi) is 29.2. The van der Waals surface area contributed by atoms with E-state index in [0.29, 0.717) is 57.8 Å². The van der Waals surface area contributed by atoms with E-state index >= 15 is 0 Å². The summed E-state index contributed by atoms with van der Waals surface area (Å²) in [7, 11) is 0. The first-order chi connectivity index (χ1) is 50.2. The molecule has 0 radical (unpaired) electrons. The predicted octanol–water partition coefficient (Wildman–Crippen LogP) is 16.8. The van der Waals surface area contributed by atoms with Crippen LogP contribution >= 0.6 is 11.6 Å². The first kappa shape index (κ1) is 86.3. The number of aliphatic hydroxyl groups is 4. The second-order valence-corrected chi connectivity index (χ2v) is 24.5. The summed E-state index contributed by atoms with van der Waals surface area (Å²) in [5.41, 5.74) is -11.2. The van der Waals surface area contributed by atoms with Gasteiger partial charge in [0.25, 0.3) is 23.6 Å². The molecule has 0 aliphatic rings. The lowest BCUT2D eigenvalue weighted by molar-refractivity contribution is -0.137. The molecule has 0 aliphatic carbocycles. The van der Waals surface area contributed by atoms with Crippen molar-refractivity contribution in [2.45, 2.75) is 89.4 Å². The van der Waals surface area contributed by atoms with Crippen LogP contribution in [0.25, 0.3) is 19.4 Å². The number of nitrogens with zero attached hydrogens (tertiary/aromatic N) is 5. The number of ether oxygens (including phenoxy) is 4. The molecule has 8 rings (SSSR count). The fourth-order valence-electron chi connectivity index (χ4n) is 8.30. The average Bonchev–Trinajstić information content (AvgIpc) is 0.806. The molecular weight excluding hydrogens is 1460 g/mol. The van der Waals surface area contributed by atoms with E-state index in [-0.39, 0.29) is 40.2 Å². The van der Waals surface area contributed by atoms with Crippen molar-refractivity contribution in [3.63, 3.8) is 0 Å². The van der Waals surface area contributed by atoms with Crippen LogP contribution in [0.2, 0.25) is 5.02 Å². The van der Waals surface area contributed by atoms with Crippen molar-refractivity contribution in [3.8, 4) is 29.1 Å². The van der Waals surface area contributed by atoms with Crippen LogP contribution < -0.4 is 40.2 Å². The van der Waals surface area contributed by atoms with Crippen LogP contribution in [-0.2, 0) is 37.7 Å². The number of rotatable bonds is 20. The molecule has 564 valence electrons. The lowest BCUT2D eigenvalue weighted by atomic mass is 10.1. The molecule has 0 aliphatic heterocycles. The van der Waals surface area contributed by atoms with Gasteiger partial charge in [-0.15, -0.1) is 0 Å². The van der Waals surface area contributed by atoms with Crippen LogP contribution in [0.4, 0.5) is 93.8 Å². The zero-order chi connectivity index (χ0) is 80.9. The maximum Gasteiger partial charge on any atom is 0.407 e. The SMILES string of the molecule is [C-]#[N+]c1ccc(NC(=O)[C@@](C)(O)COc2ccc(C#N)cc2)cc1C(F)(F)F.[C-]#[N+]c1ccc(NC(=O)[C@@](C)(O)COc2ccc(C)c(F)c2)cc1C(F)(F)F.[C-]#[N+]c1ccc(NC(=O)[C@@](C)(O)COc2ccc(C)c(F)c2)cc1C(F)(F)F.[C-]#[N+]c1ccc(NC(=O)[C@@](C)(O)COc2ccc(C)cc2)cc1Cl. The lowest BCUT2D eigenvalue weighted by Crippen LogP contribution is -2.45.